The van der Waals surface area contributed by atoms with Gasteiger partial charge in [0.1, 0.15) is 0 Å². The van der Waals surface area contributed by atoms with Gasteiger partial charge in [0.2, 0.25) is 5.91 Å². The van der Waals surface area contributed by atoms with Crippen LogP contribution in [0, 0.1) is 5.92 Å². The molecule has 0 spiro atoms. The summed E-state index contributed by atoms with van der Waals surface area (Å²) in [6.07, 6.45) is 3.16. The van der Waals surface area contributed by atoms with Crippen LogP contribution in [0.15, 0.2) is 30.3 Å². The first-order valence-corrected chi connectivity index (χ1v) is 7.17. The maximum Gasteiger partial charge on any atom is 0.228 e. The van der Waals surface area contributed by atoms with E-state index in [4.69, 9.17) is 5.73 Å². The molecule has 2 atom stereocenters. The summed E-state index contributed by atoms with van der Waals surface area (Å²) in [6, 6.07) is 9.97. The van der Waals surface area contributed by atoms with E-state index in [0.717, 1.165) is 12.0 Å². The monoisotopic (exact) mass is 260 g/mol. The summed E-state index contributed by atoms with van der Waals surface area (Å²) >= 11 is 0. The molecular weight excluding hydrogens is 236 g/mol. The van der Waals surface area contributed by atoms with Crippen LogP contribution in [-0.2, 0) is 4.79 Å². The molecule has 3 N–H and O–H groups in total. The van der Waals surface area contributed by atoms with Crippen molar-refractivity contribution < 1.29 is 4.79 Å². The second kappa shape index (κ2) is 5.74. The highest BCUT2D eigenvalue weighted by atomic mass is 16.2. The molecule has 1 aliphatic rings. The number of carbonyl (C=O) groups excluding carboxylic acids is 1. The standard InChI is InChI=1S/C16H24N2O/c1-3-14(12-7-5-4-6-8-12)15(19)18-16(2,11-17)13-9-10-13/h4-8,13-14H,3,9-11,17H2,1-2H3,(H,18,19). The van der Waals surface area contributed by atoms with Crippen LogP contribution < -0.4 is 11.1 Å². The molecule has 1 fully saturated rings. The van der Waals surface area contributed by atoms with Crippen molar-refractivity contribution in [1.29, 1.82) is 0 Å². The molecule has 0 heterocycles. The largest absolute Gasteiger partial charge is 0.349 e. The van der Waals surface area contributed by atoms with Crippen LogP contribution in [0.4, 0.5) is 0 Å². The van der Waals surface area contributed by atoms with Gasteiger partial charge in [-0.3, -0.25) is 4.79 Å². The number of benzene rings is 1. The number of carbonyl (C=O) groups is 1. The normalized spacial score (nSPS) is 19.5. The Hall–Kier alpha value is -1.35. The molecule has 19 heavy (non-hydrogen) atoms. The molecule has 2 unspecified atom stereocenters. The lowest BCUT2D eigenvalue weighted by Gasteiger charge is -2.31. The van der Waals surface area contributed by atoms with Crippen LogP contribution in [0.3, 0.4) is 0 Å². The van der Waals surface area contributed by atoms with E-state index < -0.39 is 0 Å². The van der Waals surface area contributed by atoms with Gasteiger partial charge in [-0.15, -0.1) is 0 Å². The minimum atomic E-state index is -0.237. The number of rotatable bonds is 6. The van der Waals surface area contributed by atoms with Crippen LogP contribution in [-0.4, -0.2) is 18.0 Å². The topological polar surface area (TPSA) is 55.1 Å². The third-order valence-corrected chi connectivity index (χ3v) is 4.24. The first-order chi connectivity index (χ1) is 9.10. The molecule has 0 aromatic heterocycles. The van der Waals surface area contributed by atoms with Crippen molar-refractivity contribution in [2.24, 2.45) is 11.7 Å². The molecule has 1 saturated carbocycles. The molecule has 2 rings (SSSR count). The highest BCUT2D eigenvalue weighted by Gasteiger charge is 2.42. The quantitative estimate of drug-likeness (QED) is 0.825. The van der Waals surface area contributed by atoms with Gasteiger partial charge in [0.05, 0.1) is 11.5 Å². The zero-order valence-electron chi connectivity index (χ0n) is 11.9. The Bertz CT molecular complexity index is 428. The van der Waals surface area contributed by atoms with Crippen molar-refractivity contribution in [2.75, 3.05) is 6.54 Å². The van der Waals surface area contributed by atoms with E-state index >= 15 is 0 Å². The lowest BCUT2D eigenvalue weighted by atomic mass is 9.91. The van der Waals surface area contributed by atoms with Crippen LogP contribution in [0.5, 0.6) is 0 Å². The molecule has 0 radical (unpaired) electrons. The summed E-state index contributed by atoms with van der Waals surface area (Å²) in [7, 11) is 0. The first-order valence-electron chi connectivity index (χ1n) is 7.17. The fraction of sp³-hybridized carbons (Fsp3) is 0.562. The lowest BCUT2D eigenvalue weighted by Crippen LogP contribution is -2.54. The van der Waals surface area contributed by atoms with Crippen molar-refractivity contribution in [1.82, 2.24) is 5.32 Å². The van der Waals surface area contributed by atoms with Gasteiger partial charge in [0.15, 0.2) is 0 Å². The fourth-order valence-corrected chi connectivity index (χ4v) is 2.67. The number of hydrogen-bond donors (Lipinski definition) is 2. The predicted molar refractivity (Wildman–Crippen MR) is 77.8 cm³/mol. The lowest BCUT2D eigenvalue weighted by molar-refractivity contribution is -0.124. The van der Waals surface area contributed by atoms with E-state index in [2.05, 4.69) is 12.2 Å². The summed E-state index contributed by atoms with van der Waals surface area (Å²) in [4.78, 5) is 12.5. The minimum absolute atomic E-state index is 0.0779. The van der Waals surface area contributed by atoms with Crippen molar-refractivity contribution in [3.8, 4) is 0 Å². The predicted octanol–water partition coefficient (Wildman–Crippen LogP) is 2.42. The Balaban J connectivity index is 2.09. The molecule has 0 aliphatic heterocycles. The van der Waals surface area contributed by atoms with Gasteiger partial charge in [-0.25, -0.2) is 0 Å². The molecule has 1 aromatic carbocycles. The summed E-state index contributed by atoms with van der Waals surface area (Å²) < 4.78 is 0. The van der Waals surface area contributed by atoms with Gasteiger partial charge in [0, 0.05) is 6.54 Å². The maximum absolute atomic E-state index is 12.5. The Labute approximate surface area is 115 Å². The van der Waals surface area contributed by atoms with E-state index in [-0.39, 0.29) is 17.4 Å². The average molecular weight is 260 g/mol. The number of amides is 1. The smallest absolute Gasteiger partial charge is 0.228 e. The SMILES string of the molecule is CCC(C(=O)NC(C)(CN)C1CC1)c1ccccc1. The second-order valence-corrected chi connectivity index (χ2v) is 5.76. The highest BCUT2D eigenvalue weighted by Crippen LogP contribution is 2.39. The Morgan fingerprint density at radius 1 is 1.42 bits per heavy atom. The van der Waals surface area contributed by atoms with Gasteiger partial charge in [-0.05, 0) is 37.7 Å². The molecule has 3 heteroatoms. The van der Waals surface area contributed by atoms with E-state index in [9.17, 15) is 4.79 Å². The Morgan fingerprint density at radius 2 is 2.05 bits per heavy atom. The summed E-state index contributed by atoms with van der Waals surface area (Å²) in [5.41, 5.74) is 6.71. The third kappa shape index (κ3) is 3.16. The number of nitrogens with one attached hydrogen (secondary N) is 1. The third-order valence-electron chi connectivity index (χ3n) is 4.24. The van der Waals surface area contributed by atoms with Crippen molar-refractivity contribution in [2.45, 2.75) is 44.6 Å². The molecule has 3 nitrogen and oxygen atoms in total. The molecular formula is C16H24N2O. The second-order valence-electron chi connectivity index (χ2n) is 5.76. The van der Waals surface area contributed by atoms with Crippen LogP contribution in [0.2, 0.25) is 0 Å². The van der Waals surface area contributed by atoms with E-state index in [0.29, 0.717) is 12.5 Å². The minimum Gasteiger partial charge on any atom is -0.349 e. The molecule has 104 valence electrons. The van der Waals surface area contributed by atoms with E-state index in [1.54, 1.807) is 0 Å². The Morgan fingerprint density at radius 3 is 2.53 bits per heavy atom. The molecule has 1 amide bonds. The maximum atomic E-state index is 12.5. The van der Waals surface area contributed by atoms with Gasteiger partial charge in [0.25, 0.3) is 0 Å². The molecule has 0 saturated heterocycles. The zero-order chi connectivity index (χ0) is 13.9. The summed E-state index contributed by atoms with van der Waals surface area (Å²) in [5, 5.41) is 3.19. The van der Waals surface area contributed by atoms with Crippen molar-refractivity contribution in [3.63, 3.8) is 0 Å². The van der Waals surface area contributed by atoms with Gasteiger partial charge in [-0.1, -0.05) is 37.3 Å². The van der Waals surface area contributed by atoms with Crippen LogP contribution in [0.1, 0.15) is 44.6 Å². The fourth-order valence-electron chi connectivity index (χ4n) is 2.67. The van der Waals surface area contributed by atoms with Crippen LogP contribution in [0.25, 0.3) is 0 Å². The van der Waals surface area contributed by atoms with Crippen LogP contribution >= 0.6 is 0 Å². The highest BCUT2D eigenvalue weighted by molar-refractivity contribution is 5.84. The van der Waals surface area contributed by atoms with Gasteiger partial charge in [-0.2, -0.15) is 0 Å². The molecule has 0 bridgehead atoms. The zero-order valence-corrected chi connectivity index (χ0v) is 11.9. The van der Waals surface area contributed by atoms with Gasteiger partial charge < -0.3 is 11.1 Å². The van der Waals surface area contributed by atoms with E-state index in [1.807, 2.05) is 37.3 Å². The van der Waals surface area contributed by atoms with Crippen molar-refractivity contribution in [3.05, 3.63) is 35.9 Å². The number of hydrogen-bond acceptors (Lipinski definition) is 2. The van der Waals surface area contributed by atoms with Gasteiger partial charge >= 0.3 is 0 Å². The van der Waals surface area contributed by atoms with Crippen molar-refractivity contribution >= 4 is 5.91 Å². The average Bonchev–Trinajstić information content (AvgIpc) is 3.25. The molecule has 1 aliphatic carbocycles. The molecule has 1 aromatic rings. The summed E-state index contributed by atoms with van der Waals surface area (Å²) in [5.74, 6) is 0.578. The van der Waals surface area contributed by atoms with E-state index in [1.165, 1.54) is 12.8 Å². The first kappa shape index (κ1) is 14.1. The summed E-state index contributed by atoms with van der Waals surface area (Å²) in [6.45, 7) is 4.63. The number of nitrogens with two attached hydrogens (primary N) is 1. The Kier molecular flexibility index (Phi) is 4.25.